The zero-order valence-corrected chi connectivity index (χ0v) is 13.0. The van der Waals surface area contributed by atoms with E-state index >= 15 is 0 Å². The minimum Gasteiger partial charge on any atom is -0.334 e. The summed E-state index contributed by atoms with van der Waals surface area (Å²) in [5.74, 6) is 0.108. The number of amides is 1. The fourth-order valence-electron chi connectivity index (χ4n) is 3.48. The number of carbonyl (C=O) groups is 1. The number of H-pyrrole nitrogens is 1. The van der Waals surface area contributed by atoms with Crippen molar-refractivity contribution in [1.29, 1.82) is 0 Å². The molecule has 2 heterocycles. The Hall–Kier alpha value is -1.41. The zero-order valence-electron chi connectivity index (χ0n) is 12.2. The van der Waals surface area contributed by atoms with Crippen LogP contribution in [-0.4, -0.2) is 42.0 Å². The van der Waals surface area contributed by atoms with Crippen LogP contribution >= 0.6 is 0 Å². The molecule has 1 saturated heterocycles. The van der Waals surface area contributed by atoms with Crippen molar-refractivity contribution in [2.45, 2.75) is 50.0 Å². The number of fused-ring (bicyclic) bond motifs is 2. The first-order valence-corrected chi connectivity index (χ1v) is 8.75. The smallest absolute Gasteiger partial charge is 0.276 e. The van der Waals surface area contributed by atoms with Gasteiger partial charge in [0.2, 0.25) is 10.0 Å². The predicted molar refractivity (Wildman–Crippen MR) is 76.2 cm³/mol. The molecule has 1 amide bonds. The van der Waals surface area contributed by atoms with E-state index < -0.39 is 10.0 Å². The lowest BCUT2D eigenvalue weighted by atomic mass is 10.1. The minimum atomic E-state index is -3.99. The van der Waals surface area contributed by atoms with Crippen molar-refractivity contribution in [2.75, 3.05) is 6.54 Å². The van der Waals surface area contributed by atoms with E-state index in [2.05, 4.69) is 10.2 Å². The van der Waals surface area contributed by atoms with Crippen LogP contribution in [0, 0.1) is 5.92 Å². The fraction of sp³-hybridized carbons (Fsp3) is 0.692. The monoisotopic (exact) mass is 312 g/mol. The number of aromatic amines is 1. The first kappa shape index (κ1) is 14.5. The molecule has 1 aromatic rings. The Kier molecular flexibility index (Phi) is 3.32. The summed E-state index contributed by atoms with van der Waals surface area (Å²) in [6.07, 6.45) is 3.15. The van der Waals surface area contributed by atoms with E-state index in [1.807, 2.05) is 13.8 Å². The highest BCUT2D eigenvalue weighted by Gasteiger charge is 2.42. The Bertz CT molecular complexity index is 680. The highest BCUT2D eigenvalue weighted by molar-refractivity contribution is 7.89. The SMILES string of the molecule is CC(C)c1[nH]nc(C(=O)N2CC3CCC2C3)c1S(N)(=O)=O. The number of nitrogens with zero attached hydrogens (tertiary/aromatic N) is 2. The van der Waals surface area contributed by atoms with Crippen LogP contribution in [0.3, 0.4) is 0 Å². The summed E-state index contributed by atoms with van der Waals surface area (Å²) in [7, 11) is -3.99. The molecule has 2 fully saturated rings. The summed E-state index contributed by atoms with van der Waals surface area (Å²) in [5.41, 5.74) is 0.332. The zero-order chi connectivity index (χ0) is 15.4. The Balaban J connectivity index is 2.01. The van der Waals surface area contributed by atoms with Gasteiger partial charge in [0.05, 0.1) is 5.69 Å². The molecule has 1 aromatic heterocycles. The summed E-state index contributed by atoms with van der Waals surface area (Å²) in [4.78, 5) is 14.3. The quantitative estimate of drug-likeness (QED) is 0.860. The van der Waals surface area contributed by atoms with Crippen molar-refractivity contribution < 1.29 is 13.2 Å². The van der Waals surface area contributed by atoms with Gasteiger partial charge in [0.15, 0.2) is 5.69 Å². The first-order valence-electron chi connectivity index (χ1n) is 7.21. The van der Waals surface area contributed by atoms with E-state index in [-0.39, 0.29) is 28.5 Å². The van der Waals surface area contributed by atoms with E-state index in [1.165, 1.54) is 0 Å². The molecule has 1 aliphatic carbocycles. The Morgan fingerprint density at radius 3 is 2.62 bits per heavy atom. The predicted octanol–water partition coefficient (Wildman–Crippen LogP) is 0.805. The molecule has 116 valence electrons. The number of primary sulfonamides is 1. The van der Waals surface area contributed by atoms with Gasteiger partial charge in [0.1, 0.15) is 4.90 Å². The molecular formula is C13H20N4O3S. The lowest BCUT2D eigenvalue weighted by molar-refractivity contribution is 0.0693. The molecule has 1 saturated carbocycles. The van der Waals surface area contributed by atoms with Gasteiger partial charge in [-0.25, -0.2) is 13.6 Å². The number of aromatic nitrogens is 2. The summed E-state index contributed by atoms with van der Waals surface area (Å²) >= 11 is 0. The molecule has 0 spiro atoms. The van der Waals surface area contributed by atoms with Gasteiger partial charge < -0.3 is 4.90 Å². The molecule has 21 heavy (non-hydrogen) atoms. The molecule has 8 heteroatoms. The van der Waals surface area contributed by atoms with Crippen molar-refractivity contribution in [1.82, 2.24) is 15.1 Å². The molecule has 0 aromatic carbocycles. The standard InChI is InChI=1S/C13H20N4O3S/c1-7(2)10-12(21(14,19)20)11(16-15-10)13(18)17-6-8-3-4-9(17)5-8/h7-9H,3-6H2,1-2H3,(H,15,16)(H2,14,19,20). The molecule has 1 aliphatic heterocycles. The van der Waals surface area contributed by atoms with E-state index in [9.17, 15) is 13.2 Å². The summed E-state index contributed by atoms with van der Waals surface area (Å²) in [5, 5.41) is 11.9. The second kappa shape index (κ2) is 4.81. The third-order valence-corrected chi connectivity index (χ3v) is 5.46. The second-order valence-corrected chi connectivity index (χ2v) is 7.80. The molecule has 2 atom stereocenters. The van der Waals surface area contributed by atoms with Gasteiger partial charge in [0.25, 0.3) is 5.91 Å². The largest absolute Gasteiger partial charge is 0.334 e. The number of likely N-dealkylation sites (tertiary alicyclic amines) is 1. The van der Waals surface area contributed by atoms with Gasteiger partial charge in [-0.2, -0.15) is 5.10 Å². The van der Waals surface area contributed by atoms with Crippen LogP contribution in [-0.2, 0) is 10.0 Å². The molecule has 0 radical (unpaired) electrons. The van der Waals surface area contributed by atoms with E-state index in [1.54, 1.807) is 4.90 Å². The molecule has 3 N–H and O–H groups in total. The van der Waals surface area contributed by atoms with Crippen molar-refractivity contribution in [2.24, 2.45) is 11.1 Å². The van der Waals surface area contributed by atoms with Crippen LogP contribution in [0.4, 0.5) is 0 Å². The highest BCUT2D eigenvalue weighted by Crippen LogP contribution is 2.38. The lowest BCUT2D eigenvalue weighted by Crippen LogP contribution is -2.38. The number of sulfonamides is 1. The maximum atomic E-state index is 12.7. The van der Waals surface area contributed by atoms with Crippen LogP contribution in [0.5, 0.6) is 0 Å². The van der Waals surface area contributed by atoms with Crippen molar-refractivity contribution >= 4 is 15.9 Å². The van der Waals surface area contributed by atoms with Gasteiger partial charge >= 0.3 is 0 Å². The molecule has 2 aliphatic rings. The number of piperidine rings is 1. The van der Waals surface area contributed by atoms with E-state index in [0.717, 1.165) is 19.3 Å². The topological polar surface area (TPSA) is 109 Å². The highest BCUT2D eigenvalue weighted by atomic mass is 32.2. The van der Waals surface area contributed by atoms with Crippen LogP contribution in [0.2, 0.25) is 0 Å². The maximum Gasteiger partial charge on any atom is 0.276 e. The summed E-state index contributed by atoms with van der Waals surface area (Å²) in [6, 6.07) is 0.218. The van der Waals surface area contributed by atoms with Crippen molar-refractivity contribution in [3.8, 4) is 0 Å². The second-order valence-electron chi connectivity index (χ2n) is 6.31. The number of carbonyl (C=O) groups excluding carboxylic acids is 1. The molecule has 7 nitrogen and oxygen atoms in total. The van der Waals surface area contributed by atoms with Gasteiger partial charge in [-0.05, 0) is 31.1 Å². The number of rotatable bonds is 3. The number of nitrogens with two attached hydrogens (primary N) is 1. The van der Waals surface area contributed by atoms with Crippen molar-refractivity contribution in [3.63, 3.8) is 0 Å². The third kappa shape index (κ3) is 2.36. The van der Waals surface area contributed by atoms with E-state index in [0.29, 0.717) is 18.2 Å². The van der Waals surface area contributed by atoms with E-state index in [4.69, 9.17) is 5.14 Å². The molecule has 3 rings (SSSR count). The molecule has 2 unspecified atom stereocenters. The van der Waals surface area contributed by atoms with Crippen LogP contribution in [0.25, 0.3) is 0 Å². The summed E-state index contributed by atoms with van der Waals surface area (Å²) in [6.45, 7) is 4.35. The van der Waals surface area contributed by atoms with Crippen LogP contribution in [0.15, 0.2) is 4.90 Å². The Morgan fingerprint density at radius 1 is 1.43 bits per heavy atom. The Labute approximate surface area is 123 Å². The van der Waals surface area contributed by atoms with Gasteiger partial charge in [-0.15, -0.1) is 0 Å². The Morgan fingerprint density at radius 2 is 2.14 bits per heavy atom. The average molecular weight is 312 g/mol. The van der Waals surface area contributed by atoms with Crippen LogP contribution in [0.1, 0.15) is 55.2 Å². The number of nitrogens with one attached hydrogen (secondary N) is 1. The molecule has 2 bridgehead atoms. The third-order valence-electron chi connectivity index (χ3n) is 4.48. The minimum absolute atomic E-state index is 0.0613. The normalized spacial score (nSPS) is 25.0. The first-order chi connectivity index (χ1) is 9.79. The van der Waals surface area contributed by atoms with Crippen LogP contribution < -0.4 is 5.14 Å². The molecular weight excluding hydrogens is 292 g/mol. The maximum absolute atomic E-state index is 12.7. The summed E-state index contributed by atoms with van der Waals surface area (Å²) < 4.78 is 23.7. The van der Waals surface area contributed by atoms with Gasteiger partial charge in [0, 0.05) is 12.6 Å². The number of hydrogen-bond acceptors (Lipinski definition) is 4. The average Bonchev–Trinajstić information content (AvgIpc) is 3.10. The lowest BCUT2D eigenvalue weighted by Gasteiger charge is -2.26. The van der Waals surface area contributed by atoms with Crippen molar-refractivity contribution in [3.05, 3.63) is 11.4 Å². The van der Waals surface area contributed by atoms with Gasteiger partial charge in [-0.3, -0.25) is 9.89 Å². The fourth-order valence-corrected chi connectivity index (χ4v) is 4.47. The number of hydrogen-bond donors (Lipinski definition) is 2. The van der Waals surface area contributed by atoms with Gasteiger partial charge in [-0.1, -0.05) is 13.8 Å².